The molecule has 1 aromatic carbocycles. The van der Waals surface area contributed by atoms with Crippen LogP contribution in [-0.2, 0) is 0 Å². The lowest BCUT2D eigenvalue weighted by atomic mass is 10.1. The first-order chi connectivity index (χ1) is 8.76. The van der Waals surface area contributed by atoms with Gasteiger partial charge in [-0.25, -0.2) is 0 Å². The average Bonchev–Trinajstić information content (AvgIpc) is 2.98. The maximum atomic E-state index is 6.26. The van der Waals surface area contributed by atoms with Crippen molar-refractivity contribution in [2.24, 2.45) is 5.92 Å². The summed E-state index contributed by atoms with van der Waals surface area (Å²) in [7, 11) is 0. The smallest absolute Gasteiger partial charge is 0.231 e. The van der Waals surface area contributed by atoms with Crippen molar-refractivity contribution in [1.82, 2.24) is 0 Å². The fourth-order valence-corrected chi connectivity index (χ4v) is 3.03. The standard InChI is InChI=1S/C14H18ClNO2/c1-2-9-3-4-10(5-9)16-12-7-14-13(6-11(12)15)17-8-18-14/h6-7,9-10,16H,2-5,8H2,1H3. The predicted octanol–water partition coefficient (Wildman–Crippen LogP) is 4.06. The van der Waals surface area contributed by atoms with E-state index >= 15 is 0 Å². The zero-order chi connectivity index (χ0) is 12.5. The van der Waals surface area contributed by atoms with Gasteiger partial charge in [0.25, 0.3) is 0 Å². The molecule has 0 amide bonds. The summed E-state index contributed by atoms with van der Waals surface area (Å²) in [5.41, 5.74) is 0.961. The summed E-state index contributed by atoms with van der Waals surface area (Å²) in [5.74, 6) is 2.38. The van der Waals surface area contributed by atoms with Gasteiger partial charge in [0.05, 0.1) is 10.7 Å². The molecule has 1 heterocycles. The monoisotopic (exact) mass is 267 g/mol. The third-order valence-corrected chi connectivity index (χ3v) is 4.25. The zero-order valence-corrected chi connectivity index (χ0v) is 11.3. The minimum absolute atomic E-state index is 0.288. The van der Waals surface area contributed by atoms with Gasteiger partial charge in [0.2, 0.25) is 6.79 Å². The topological polar surface area (TPSA) is 30.5 Å². The number of ether oxygens (including phenoxy) is 2. The fraction of sp³-hybridized carbons (Fsp3) is 0.571. The Morgan fingerprint density at radius 1 is 1.28 bits per heavy atom. The highest BCUT2D eigenvalue weighted by atomic mass is 35.5. The summed E-state index contributed by atoms with van der Waals surface area (Å²) in [6.45, 7) is 2.55. The predicted molar refractivity (Wildman–Crippen MR) is 72.6 cm³/mol. The first-order valence-electron chi connectivity index (χ1n) is 6.62. The van der Waals surface area contributed by atoms with Crippen molar-refractivity contribution in [1.29, 1.82) is 0 Å². The molecule has 0 radical (unpaired) electrons. The highest BCUT2D eigenvalue weighted by molar-refractivity contribution is 6.33. The van der Waals surface area contributed by atoms with E-state index in [1.54, 1.807) is 0 Å². The first kappa shape index (κ1) is 12.0. The van der Waals surface area contributed by atoms with E-state index in [1.165, 1.54) is 25.7 Å². The molecule has 0 spiro atoms. The van der Waals surface area contributed by atoms with Crippen molar-refractivity contribution in [3.05, 3.63) is 17.2 Å². The van der Waals surface area contributed by atoms with E-state index in [0.717, 1.165) is 23.1 Å². The van der Waals surface area contributed by atoms with Gasteiger partial charge in [0, 0.05) is 18.2 Å². The van der Waals surface area contributed by atoms with Gasteiger partial charge < -0.3 is 14.8 Å². The van der Waals surface area contributed by atoms with Gasteiger partial charge in [-0.05, 0) is 25.2 Å². The highest BCUT2D eigenvalue weighted by Gasteiger charge is 2.24. The van der Waals surface area contributed by atoms with Crippen molar-refractivity contribution < 1.29 is 9.47 Å². The molecule has 1 N–H and O–H groups in total. The number of nitrogens with one attached hydrogen (secondary N) is 1. The van der Waals surface area contributed by atoms with Gasteiger partial charge in [0.1, 0.15) is 0 Å². The van der Waals surface area contributed by atoms with Crippen LogP contribution in [0.1, 0.15) is 32.6 Å². The highest BCUT2D eigenvalue weighted by Crippen LogP contribution is 2.40. The van der Waals surface area contributed by atoms with Crippen molar-refractivity contribution in [3.63, 3.8) is 0 Å². The summed E-state index contributed by atoms with van der Waals surface area (Å²) in [5, 5.41) is 4.24. The van der Waals surface area contributed by atoms with Crippen LogP contribution in [0.15, 0.2) is 12.1 Å². The molecule has 1 aliphatic heterocycles. The molecular formula is C14H18ClNO2. The number of hydrogen-bond acceptors (Lipinski definition) is 3. The Balaban J connectivity index is 1.73. The van der Waals surface area contributed by atoms with Crippen molar-refractivity contribution >= 4 is 17.3 Å². The minimum atomic E-state index is 0.288. The molecule has 3 nitrogen and oxygen atoms in total. The lowest BCUT2D eigenvalue weighted by molar-refractivity contribution is 0.174. The molecule has 2 atom stereocenters. The molecule has 18 heavy (non-hydrogen) atoms. The molecule has 3 rings (SSSR count). The van der Waals surface area contributed by atoms with Crippen molar-refractivity contribution in [3.8, 4) is 11.5 Å². The fourth-order valence-electron chi connectivity index (χ4n) is 2.82. The number of halogens is 1. The van der Waals surface area contributed by atoms with Crippen LogP contribution in [-0.4, -0.2) is 12.8 Å². The van der Waals surface area contributed by atoms with E-state index in [9.17, 15) is 0 Å². The zero-order valence-electron chi connectivity index (χ0n) is 10.5. The summed E-state index contributed by atoms with van der Waals surface area (Å²) in [4.78, 5) is 0. The second-order valence-corrected chi connectivity index (χ2v) is 5.52. The third kappa shape index (κ3) is 2.24. The summed E-state index contributed by atoms with van der Waals surface area (Å²) < 4.78 is 10.7. The molecule has 1 aromatic rings. The largest absolute Gasteiger partial charge is 0.454 e. The molecule has 2 aliphatic rings. The summed E-state index contributed by atoms with van der Waals surface area (Å²) >= 11 is 6.26. The second-order valence-electron chi connectivity index (χ2n) is 5.11. The van der Waals surface area contributed by atoms with Crippen LogP contribution < -0.4 is 14.8 Å². The van der Waals surface area contributed by atoms with Crippen molar-refractivity contribution in [2.75, 3.05) is 12.1 Å². The number of benzene rings is 1. The molecule has 0 saturated heterocycles. The van der Waals surface area contributed by atoms with Gasteiger partial charge in [-0.15, -0.1) is 0 Å². The lowest BCUT2D eigenvalue weighted by Gasteiger charge is -2.16. The van der Waals surface area contributed by atoms with Crippen LogP contribution in [0.2, 0.25) is 5.02 Å². The third-order valence-electron chi connectivity index (χ3n) is 3.94. The molecule has 1 fully saturated rings. The van der Waals surface area contributed by atoms with Crippen LogP contribution in [0.4, 0.5) is 5.69 Å². The Bertz CT molecular complexity index is 450. The minimum Gasteiger partial charge on any atom is -0.454 e. The summed E-state index contributed by atoms with van der Waals surface area (Å²) in [6, 6.07) is 4.32. The Labute approximate surface area is 112 Å². The Kier molecular flexibility index (Phi) is 3.25. The van der Waals surface area contributed by atoms with E-state index < -0.39 is 0 Å². The number of fused-ring (bicyclic) bond motifs is 1. The van der Waals surface area contributed by atoms with Crippen LogP contribution in [0.5, 0.6) is 11.5 Å². The van der Waals surface area contributed by atoms with Crippen LogP contribution in [0.3, 0.4) is 0 Å². The van der Waals surface area contributed by atoms with E-state index in [4.69, 9.17) is 21.1 Å². The Morgan fingerprint density at radius 2 is 2.06 bits per heavy atom. The number of rotatable bonds is 3. The molecule has 0 aromatic heterocycles. The van der Waals surface area contributed by atoms with E-state index in [2.05, 4.69) is 12.2 Å². The molecule has 0 bridgehead atoms. The van der Waals surface area contributed by atoms with E-state index in [1.807, 2.05) is 12.1 Å². The quantitative estimate of drug-likeness (QED) is 0.896. The Hall–Kier alpha value is -1.09. The molecule has 1 aliphatic carbocycles. The number of hydrogen-bond donors (Lipinski definition) is 1. The Morgan fingerprint density at radius 3 is 2.78 bits per heavy atom. The van der Waals surface area contributed by atoms with Crippen LogP contribution in [0.25, 0.3) is 0 Å². The molecular weight excluding hydrogens is 250 g/mol. The van der Waals surface area contributed by atoms with Crippen LogP contribution >= 0.6 is 11.6 Å². The maximum absolute atomic E-state index is 6.26. The SMILES string of the molecule is CCC1CCC(Nc2cc3c(cc2Cl)OCO3)C1. The summed E-state index contributed by atoms with van der Waals surface area (Å²) in [6.07, 6.45) is 5.05. The average molecular weight is 268 g/mol. The second kappa shape index (κ2) is 4.88. The van der Waals surface area contributed by atoms with Gasteiger partial charge in [0.15, 0.2) is 11.5 Å². The van der Waals surface area contributed by atoms with Crippen LogP contribution in [0, 0.1) is 5.92 Å². The van der Waals surface area contributed by atoms with Gasteiger partial charge >= 0.3 is 0 Å². The maximum Gasteiger partial charge on any atom is 0.231 e. The lowest BCUT2D eigenvalue weighted by Crippen LogP contribution is -2.15. The normalized spacial score (nSPS) is 25.4. The van der Waals surface area contributed by atoms with Gasteiger partial charge in [-0.1, -0.05) is 24.9 Å². The molecule has 98 valence electrons. The first-order valence-corrected chi connectivity index (χ1v) is 6.99. The number of anilines is 1. The molecule has 2 unspecified atom stereocenters. The van der Waals surface area contributed by atoms with Gasteiger partial charge in [-0.3, -0.25) is 0 Å². The van der Waals surface area contributed by atoms with E-state index in [-0.39, 0.29) is 6.79 Å². The van der Waals surface area contributed by atoms with Crippen molar-refractivity contribution in [2.45, 2.75) is 38.6 Å². The molecule has 4 heteroatoms. The van der Waals surface area contributed by atoms with Gasteiger partial charge in [-0.2, -0.15) is 0 Å². The molecule has 1 saturated carbocycles. The van der Waals surface area contributed by atoms with E-state index in [0.29, 0.717) is 11.1 Å².